The first-order valence-electron chi connectivity index (χ1n) is 3.21. The number of phenolic OH excluding ortho intramolecular Hbond substituents is 2. The van der Waals surface area contributed by atoms with Crippen LogP contribution in [0.15, 0.2) is 36.7 Å². The molecular formula is C8H12N2O2. The van der Waals surface area contributed by atoms with E-state index in [2.05, 4.69) is 6.58 Å². The van der Waals surface area contributed by atoms with Crippen molar-refractivity contribution in [2.24, 2.45) is 11.5 Å². The molecule has 0 unspecified atom stereocenters. The molecule has 0 bridgehead atoms. The summed E-state index contributed by atoms with van der Waals surface area (Å²) in [7, 11) is 0. The van der Waals surface area contributed by atoms with Crippen LogP contribution in [0.4, 0.5) is 0 Å². The molecule has 0 aliphatic heterocycles. The fourth-order valence-corrected chi connectivity index (χ4v) is 0.464. The van der Waals surface area contributed by atoms with Crippen LogP contribution in [0.5, 0.6) is 11.5 Å². The van der Waals surface area contributed by atoms with E-state index in [9.17, 15) is 0 Å². The third-order valence-corrected chi connectivity index (χ3v) is 0.882. The Hall–Kier alpha value is -1.84. The first-order chi connectivity index (χ1) is 5.54. The van der Waals surface area contributed by atoms with Crippen molar-refractivity contribution in [2.75, 3.05) is 0 Å². The van der Waals surface area contributed by atoms with Gasteiger partial charge in [0.1, 0.15) is 0 Å². The maximum atomic E-state index is 8.67. The minimum absolute atomic E-state index is 0.0764. The van der Waals surface area contributed by atoms with Crippen LogP contribution in [0.2, 0.25) is 0 Å². The van der Waals surface area contributed by atoms with Gasteiger partial charge in [-0.25, -0.2) is 0 Å². The first-order valence-corrected chi connectivity index (χ1v) is 3.21. The Balaban J connectivity index is 0.000000261. The van der Waals surface area contributed by atoms with Crippen LogP contribution < -0.4 is 11.5 Å². The Labute approximate surface area is 70.7 Å². The molecule has 0 amide bonds. The number of hydrogen-bond acceptors (Lipinski definition) is 4. The number of benzene rings is 1. The topological polar surface area (TPSA) is 92.5 Å². The summed E-state index contributed by atoms with van der Waals surface area (Å²) in [5.41, 5.74) is 9.39. The molecule has 0 atom stereocenters. The highest BCUT2D eigenvalue weighted by molar-refractivity contribution is 5.36. The SMILES string of the molecule is C=C(N)N.Oc1ccccc1O. The van der Waals surface area contributed by atoms with Crippen LogP contribution in [0.3, 0.4) is 0 Å². The Morgan fingerprint density at radius 1 is 1.08 bits per heavy atom. The lowest BCUT2D eigenvalue weighted by Gasteiger charge is -1.91. The van der Waals surface area contributed by atoms with Gasteiger partial charge in [0.15, 0.2) is 11.5 Å². The molecule has 0 saturated carbocycles. The van der Waals surface area contributed by atoms with Gasteiger partial charge in [0.2, 0.25) is 0 Å². The van der Waals surface area contributed by atoms with Gasteiger partial charge >= 0.3 is 0 Å². The first kappa shape index (κ1) is 10.2. The molecule has 4 heteroatoms. The molecule has 0 aliphatic rings. The van der Waals surface area contributed by atoms with E-state index >= 15 is 0 Å². The molecule has 1 aromatic rings. The molecule has 12 heavy (non-hydrogen) atoms. The average Bonchev–Trinajstić information content (AvgIpc) is 1.94. The molecule has 6 N–H and O–H groups in total. The van der Waals surface area contributed by atoms with Gasteiger partial charge in [0.05, 0.1) is 5.82 Å². The third-order valence-electron chi connectivity index (χ3n) is 0.882. The van der Waals surface area contributed by atoms with E-state index in [4.69, 9.17) is 21.7 Å². The molecule has 0 radical (unpaired) electrons. The predicted octanol–water partition coefficient (Wildman–Crippen LogP) is 0.473. The quantitative estimate of drug-likeness (QED) is 0.424. The summed E-state index contributed by atoms with van der Waals surface area (Å²) in [5.74, 6) is 0.0139. The van der Waals surface area contributed by atoms with E-state index < -0.39 is 0 Å². The minimum atomic E-state index is -0.0764. The van der Waals surface area contributed by atoms with Gasteiger partial charge in [-0.05, 0) is 12.1 Å². The molecule has 0 aromatic heterocycles. The molecular weight excluding hydrogens is 156 g/mol. The standard InChI is InChI=1S/C6H6O2.C2H6N2/c7-5-3-1-2-4-6(5)8;1-2(3)4/h1-4,7-8H;1,3-4H2. The second-order valence-electron chi connectivity index (χ2n) is 2.06. The van der Waals surface area contributed by atoms with Gasteiger partial charge in [-0.1, -0.05) is 18.7 Å². The van der Waals surface area contributed by atoms with Crippen LogP contribution in [0.1, 0.15) is 0 Å². The van der Waals surface area contributed by atoms with Crippen molar-refractivity contribution >= 4 is 0 Å². The van der Waals surface area contributed by atoms with Crippen LogP contribution in [0, 0.1) is 0 Å². The molecule has 0 fully saturated rings. The summed E-state index contributed by atoms with van der Waals surface area (Å²) in [6.45, 7) is 3.11. The minimum Gasteiger partial charge on any atom is -0.504 e. The summed E-state index contributed by atoms with van der Waals surface area (Å²) in [6, 6.07) is 6.15. The van der Waals surface area contributed by atoms with Gasteiger partial charge in [-0.15, -0.1) is 0 Å². The van der Waals surface area contributed by atoms with Crippen molar-refractivity contribution < 1.29 is 10.2 Å². The number of para-hydroxylation sites is 2. The molecule has 1 aromatic carbocycles. The zero-order chi connectivity index (χ0) is 9.56. The van der Waals surface area contributed by atoms with Crippen LogP contribution in [-0.4, -0.2) is 10.2 Å². The second-order valence-corrected chi connectivity index (χ2v) is 2.06. The van der Waals surface area contributed by atoms with E-state index in [-0.39, 0.29) is 17.3 Å². The molecule has 66 valence electrons. The molecule has 0 spiro atoms. The van der Waals surface area contributed by atoms with Crippen molar-refractivity contribution in [3.63, 3.8) is 0 Å². The molecule has 0 aliphatic carbocycles. The summed E-state index contributed by atoms with van der Waals surface area (Å²) in [6.07, 6.45) is 0. The van der Waals surface area contributed by atoms with E-state index in [1.807, 2.05) is 0 Å². The fourth-order valence-electron chi connectivity index (χ4n) is 0.464. The van der Waals surface area contributed by atoms with E-state index in [0.717, 1.165) is 0 Å². The van der Waals surface area contributed by atoms with Crippen molar-refractivity contribution in [2.45, 2.75) is 0 Å². The summed E-state index contributed by atoms with van der Waals surface area (Å²) in [4.78, 5) is 0. The largest absolute Gasteiger partial charge is 0.504 e. The lowest BCUT2D eigenvalue weighted by Crippen LogP contribution is -2.04. The maximum Gasteiger partial charge on any atom is 0.157 e. The monoisotopic (exact) mass is 168 g/mol. The summed E-state index contributed by atoms with van der Waals surface area (Å²) >= 11 is 0. The Bertz CT molecular complexity index is 236. The molecule has 0 heterocycles. The summed E-state index contributed by atoms with van der Waals surface area (Å²) < 4.78 is 0. The molecule has 0 saturated heterocycles. The molecule has 1 rings (SSSR count). The highest BCUT2D eigenvalue weighted by Gasteiger charge is 1.90. The second kappa shape index (κ2) is 4.90. The Kier molecular flexibility index (Phi) is 4.15. The predicted molar refractivity (Wildman–Crippen MR) is 47.3 cm³/mol. The maximum absolute atomic E-state index is 8.67. The van der Waals surface area contributed by atoms with Crippen molar-refractivity contribution in [3.05, 3.63) is 36.7 Å². The van der Waals surface area contributed by atoms with Gasteiger partial charge < -0.3 is 21.7 Å². The molecule has 4 nitrogen and oxygen atoms in total. The normalized spacial score (nSPS) is 8.00. The zero-order valence-electron chi connectivity index (χ0n) is 6.57. The Morgan fingerprint density at radius 2 is 1.33 bits per heavy atom. The van der Waals surface area contributed by atoms with E-state index in [0.29, 0.717) is 0 Å². The van der Waals surface area contributed by atoms with Crippen molar-refractivity contribution in [3.8, 4) is 11.5 Å². The van der Waals surface area contributed by atoms with Crippen LogP contribution in [0.25, 0.3) is 0 Å². The van der Waals surface area contributed by atoms with Gasteiger partial charge in [0, 0.05) is 0 Å². The van der Waals surface area contributed by atoms with Crippen LogP contribution >= 0.6 is 0 Å². The third kappa shape index (κ3) is 4.99. The smallest absolute Gasteiger partial charge is 0.157 e. The fraction of sp³-hybridized carbons (Fsp3) is 0. The van der Waals surface area contributed by atoms with Gasteiger partial charge in [-0.2, -0.15) is 0 Å². The Morgan fingerprint density at radius 3 is 1.50 bits per heavy atom. The number of aromatic hydroxyl groups is 2. The number of rotatable bonds is 0. The number of hydrogen-bond donors (Lipinski definition) is 4. The lowest BCUT2D eigenvalue weighted by atomic mass is 10.3. The van der Waals surface area contributed by atoms with Crippen LogP contribution in [-0.2, 0) is 0 Å². The number of phenols is 2. The number of nitrogens with two attached hydrogens (primary N) is 2. The highest BCUT2D eigenvalue weighted by Crippen LogP contribution is 2.21. The highest BCUT2D eigenvalue weighted by atomic mass is 16.3. The van der Waals surface area contributed by atoms with E-state index in [1.54, 1.807) is 12.1 Å². The van der Waals surface area contributed by atoms with Gasteiger partial charge in [-0.3, -0.25) is 0 Å². The summed E-state index contributed by atoms with van der Waals surface area (Å²) in [5, 5.41) is 17.3. The van der Waals surface area contributed by atoms with Crippen molar-refractivity contribution in [1.29, 1.82) is 0 Å². The van der Waals surface area contributed by atoms with Crippen molar-refractivity contribution in [1.82, 2.24) is 0 Å². The van der Waals surface area contributed by atoms with Gasteiger partial charge in [0.25, 0.3) is 0 Å². The lowest BCUT2D eigenvalue weighted by molar-refractivity contribution is 0.404. The van der Waals surface area contributed by atoms with E-state index in [1.165, 1.54) is 12.1 Å². The average molecular weight is 168 g/mol. The zero-order valence-corrected chi connectivity index (χ0v) is 6.57.